The van der Waals surface area contributed by atoms with Crippen molar-refractivity contribution < 1.29 is 50.4 Å². The second kappa shape index (κ2) is 17.2. The lowest BCUT2D eigenvalue weighted by molar-refractivity contribution is -0.384. The highest BCUT2D eigenvalue weighted by Gasteiger charge is 2.40. The molecule has 4 N–H and O–H groups in total. The fourth-order valence-corrected chi connectivity index (χ4v) is 5.63. The molecule has 0 aliphatic carbocycles. The molecule has 0 radical (unpaired) electrons. The van der Waals surface area contributed by atoms with Gasteiger partial charge in [0.25, 0.3) is 17.5 Å². The highest BCUT2D eigenvalue weighted by atomic mass is 32.2. The monoisotopic (exact) mass is 753 g/mol. The molecular formula is C30H21F6N7O6S2. The summed E-state index contributed by atoms with van der Waals surface area (Å²) in [6.07, 6.45) is -10.8. The van der Waals surface area contributed by atoms with Crippen LogP contribution in [0, 0.1) is 32.8 Å². The van der Waals surface area contributed by atoms with Crippen LogP contribution < -0.4 is 21.3 Å². The Morgan fingerprint density at radius 3 is 1.57 bits per heavy atom. The topological polar surface area (TPSA) is 207 Å². The third-order valence-corrected chi connectivity index (χ3v) is 8.18. The Labute approximate surface area is 291 Å². The number of hydrogen-bond acceptors (Lipinski definition) is 10. The molecule has 0 spiro atoms. The van der Waals surface area contributed by atoms with E-state index in [1.807, 2.05) is 12.1 Å². The summed E-state index contributed by atoms with van der Waals surface area (Å²) < 4.78 is 77.7. The summed E-state index contributed by atoms with van der Waals surface area (Å²) in [5.41, 5.74) is -2.53. The number of rotatable bonds is 13. The van der Waals surface area contributed by atoms with Crippen LogP contribution in [0.1, 0.15) is 33.6 Å². The van der Waals surface area contributed by atoms with Crippen molar-refractivity contribution in [1.82, 2.24) is 0 Å². The summed E-state index contributed by atoms with van der Waals surface area (Å²) in [6, 6.07) is 13.3. The van der Waals surface area contributed by atoms with Crippen LogP contribution in [0.25, 0.3) is 0 Å². The first kappa shape index (κ1) is 39.6. The summed E-state index contributed by atoms with van der Waals surface area (Å²) in [6.45, 7) is 0. The fourth-order valence-electron chi connectivity index (χ4n) is 3.87. The molecule has 0 saturated carbocycles. The molecule has 0 aliphatic heterocycles. The molecule has 266 valence electrons. The van der Waals surface area contributed by atoms with Gasteiger partial charge in [0, 0.05) is 63.9 Å². The van der Waals surface area contributed by atoms with E-state index in [0.29, 0.717) is 23.1 Å². The summed E-state index contributed by atoms with van der Waals surface area (Å²) in [4.78, 5) is 60.7. The van der Waals surface area contributed by atoms with Crippen molar-refractivity contribution in [3.8, 4) is 12.1 Å². The lowest BCUT2D eigenvalue weighted by Gasteiger charge is -2.19. The minimum atomic E-state index is -5.43. The van der Waals surface area contributed by atoms with Gasteiger partial charge in [0.2, 0.25) is 0 Å². The Balaban J connectivity index is 2.11. The second-order valence-corrected chi connectivity index (χ2v) is 12.0. The fraction of sp³-hybridized carbons (Fsp3) is 0.200. The average molecular weight is 754 g/mol. The number of hydrogen-bond donors (Lipinski definition) is 4. The summed E-state index contributed by atoms with van der Waals surface area (Å²) in [7, 11) is 0. The average Bonchev–Trinajstić information content (AvgIpc) is 3.05. The number of benzene rings is 3. The van der Waals surface area contributed by atoms with Gasteiger partial charge in [-0.05, 0) is 42.5 Å². The minimum absolute atomic E-state index is 0.00662. The molecule has 0 aromatic heterocycles. The summed E-state index contributed by atoms with van der Waals surface area (Å²) >= 11 is 2.09. The van der Waals surface area contributed by atoms with Crippen LogP contribution in [0.15, 0.2) is 64.4 Å². The number of amides is 4. The third-order valence-electron chi connectivity index (χ3n) is 6.07. The first-order valence-electron chi connectivity index (χ1n) is 13.9. The number of carbonyl (C=O) groups excluding carboxylic acids is 4. The summed E-state index contributed by atoms with van der Waals surface area (Å²) in [5.74, 6) is -6.62. The van der Waals surface area contributed by atoms with Crippen molar-refractivity contribution >= 4 is 75.6 Å². The number of nitro benzene ring substituents is 1. The van der Waals surface area contributed by atoms with E-state index >= 15 is 0 Å². The van der Waals surface area contributed by atoms with Gasteiger partial charge in [0.1, 0.15) is 0 Å². The SMILES string of the molecule is N#CCCSc1cc(NC(=O)c2ccc([N+](=O)[O-])cc2)c(SCCC#N)c(NC(=O)c2cc(NC(=O)C(F)(F)F)cc(NC(=O)C(F)(F)F)c2)c1. The maximum absolute atomic E-state index is 13.5. The van der Waals surface area contributed by atoms with Crippen LogP contribution in [0.5, 0.6) is 0 Å². The van der Waals surface area contributed by atoms with E-state index in [1.165, 1.54) is 34.9 Å². The van der Waals surface area contributed by atoms with Gasteiger partial charge in [-0.25, -0.2) is 0 Å². The van der Waals surface area contributed by atoms with E-state index in [1.54, 1.807) is 0 Å². The zero-order valence-corrected chi connectivity index (χ0v) is 27.0. The number of anilines is 4. The van der Waals surface area contributed by atoms with Crippen LogP contribution in [0.4, 0.5) is 54.8 Å². The van der Waals surface area contributed by atoms with Gasteiger partial charge >= 0.3 is 24.2 Å². The molecule has 0 saturated heterocycles. The highest BCUT2D eigenvalue weighted by Crippen LogP contribution is 2.40. The molecule has 13 nitrogen and oxygen atoms in total. The van der Waals surface area contributed by atoms with Crippen molar-refractivity contribution in [3.05, 3.63) is 75.8 Å². The molecule has 51 heavy (non-hydrogen) atoms. The van der Waals surface area contributed by atoms with Gasteiger partial charge in [0.15, 0.2) is 0 Å². The van der Waals surface area contributed by atoms with Crippen molar-refractivity contribution in [2.75, 3.05) is 32.8 Å². The number of nitro groups is 1. The Kier molecular flexibility index (Phi) is 13.4. The first-order valence-corrected chi connectivity index (χ1v) is 15.9. The van der Waals surface area contributed by atoms with E-state index in [9.17, 15) is 55.6 Å². The third kappa shape index (κ3) is 11.6. The number of halogens is 6. The van der Waals surface area contributed by atoms with Crippen LogP contribution in [-0.4, -0.2) is 52.4 Å². The number of alkyl halides is 6. The zero-order chi connectivity index (χ0) is 37.9. The van der Waals surface area contributed by atoms with Crippen LogP contribution >= 0.6 is 23.5 Å². The zero-order valence-electron chi connectivity index (χ0n) is 25.4. The van der Waals surface area contributed by atoms with Crippen molar-refractivity contribution in [1.29, 1.82) is 10.5 Å². The van der Waals surface area contributed by atoms with Gasteiger partial charge in [-0.2, -0.15) is 36.9 Å². The van der Waals surface area contributed by atoms with Gasteiger partial charge in [0.05, 0.1) is 33.3 Å². The lowest BCUT2D eigenvalue weighted by atomic mass is 10.1. The molecule has 4 amide bonds. The normalized spacial score (nSPS) is 11.1. The Hall–Kier alpha value is -5.80. The Morgan fingerprint density at radius 1 is 0.686 bits per heavy atom. The van der Waals surface area contributed by atoms with Gasteiger partial charge in [-0.3, -0.25) is 29.3 Å². The quantitative estimate of drug-likeness (QED) is 0.0457. The maximum atomic E-state index is 13.5. The van der Waals surface area contributed by atoms with Crippen molar-refractivity contribution in [2.24, 2.45) is 0 Å². The maximum Gasteiger partial charge on any atom is 0.471 e. The van der Waals surface area contributed by atoms with E-state index in [-0.39, 0.29) is 51.9 Å². The molecule has 0 fully saturated rings. The van der Waals surface area contributed by atoms with Crippen LogP contribution in [0.2, 0.25) is 0 Å². The summed E-state index contributed by atoms with van der Waals surface area (Å²) in [5, 5.41) is 37.0. The number of nitrogens with one attached hydrogen (secondary N) is 4. The lowest BCUT2D eigenvalue weighted by Crippen LogP contribution is -2.31. The molecular weight excluding hydrogens is 732 g/mol. The molecule has 21 heteroatoms. The molecule has 0 heterocycles. The van der Waals surface area contributed by atoms with Crippen LogP contribution in [0.3, 0.4) is 0 Å². The van der Waals surface area contributed by atoms with Gasteiger partial charge < -0.3 is 21.3 Å². The number of non-ortho nitro benzene ring substituents is 1. The molecule has 3 aromatic carbocycles. The van der Waals surface area contributed by atoms with E-state index < -0.39 is 57.8 Å². The van der Waals surface area contributed by atoms with E-state index in [0.717, 1.165) is 35.7 Å². The number of nitriles is 2. The standard InChI is InChI=1S/C30H21F6N7O6S2/c31-29(32,33)27(46)39-18-11-17(12-19(13-18)40-28(47)30(34,35)36)26(45)42-23-15-21(50-9-1-7-37)14-22(24(23)51-10-2-8-38)41-25(44)16-3-5-20(6-4-16)43(48)49/h3-6,11-15H,1-2,9-10H2,(H,39,46)(H,40,47)(H,41,44)(H,42,45). The number of thioether (sulfide) groups is 2. The Bertz CT molecular complexity index is 1880. The predicted molar refractivity (Wildman–Crippen MR) is 173 cm³/mol. The molecule has 0 aliphatic rings. The minimum Gasteiger partial charge on any atom is -0.321 e. The van der Waals surface area contributed by atoms with Crippen molar-refractivity contribution in [2.45, 2.75) is 35.0 Å². The van der Waals surface area contributed by atoms with Gasteiger partial charge in [-0.1, -0.05) is 0 Å². The number of nitrogens with zero attached hydrogens (tertiary/aromatic N) is 3. The smallest absolute Gasteiger partial charge is 0.321 e. The highest BCUT2D eigenvalue weighted by molar-refractivity contribution is 8.00. The van der Waals surface area contributed by atoms with E-state index in [4.69, 9.17) is 10.5 Å². The molecule has 3 rings (SSSR count). The molecule has 0 bridgehead atoms. The predicted octanol–water partition coefficient (Wildman–Crippen LogP) is 7.11. The van der Waals surface area contributed by atoms with E-state index in [2.05, 4.69) is 10.6 Å². The van der Waals surface area contributed by atoms with Gasteiger partial charge in [-0.15, -0.1) is 23.5 Å². The van der Waals surface area contributed by atoms with Crippen molar-refractivity contribution in [3.63, 3.8) is 0 Å². The molecule has 0 unspecified atom stereocenters. The Morgan fingerprint density at radius 2 is 1.14 bits per heavy atom. The molecule has 0 atom stereocenters. The number of carbonyl (C=O) groups is 4. The molecule has 3 aromatic rings. The first-order chi connectivity index (χ1) is 23.9. The van der Waals surface area contributed by atoms with Crippen LogP contribution in [-0.2, 0) is 9.59 Å². The largest absolute Gasteiger partial charge is 0.471 e. The second-order valence-electron chi connectivity index (χ2n) is 9.78.